The van der Waals surface area contributed by atoms with Gasteiger partial charge in [-0.15, -0.1) is 0 Å². The highest BCUT2D eigenvalue weighted by atomic mass is 19.4. The van der Waals surface area contributed by atoms with Gasteiger partial charge >= 0.3 is 6.18 Å². The number of hydrogen-bond acceptors (Lipinski definition) is 5. The lowest BCUT2D eigenvalue weighted by Crippen LogP contribution is -2.54. The second-order valence-corrected chi connectivity index (χ2v) is 8.52. The highest BCUT2D eigenvalue weighted by Gasteiger charge is 2.41. The summed E-state index contributed by atoms with van der Waals surface area (Å²) < 4.78 is 39.4. The molecule has 2 aliphatic rings. The van der Waals surface area contributed by atoms with Gasteiger partial charge in [0.2, 0.25) is 0 Å². The summed E-state index contributed by atoms with van der Waals surface area (Å²) >= 11 is 0. The molecule has 0 bridgehead atoms. The van der Waals surface area contributed by atoms with Crippen molar-refractivity contribution in [1.29, 1.82) is 5.26 Å². The monoisotopic (exact) mass is 434 g/mol. The molecule has 2 aromatic rings. The Balaban J connectivity index is 1.59. The smallest absolute Gasteiger partial charge is 0.349 e. The number of carbonyl (C=O) groups excluding carboxylic acids is 1. The highest BCUT2D eigenvalue weighted by molar-refractivity contribution is 6.08. The number of halogens is 3. The number of alkyl halides is 3. The molecule has 0 spiro atoms. The summed E-state index contributed by atoms with van der Waals surface area (Å²) in [7, 11) is 1.92. The van der Waals surface area contributed by atoms with E-state index in [4.69, 9.17) is 5.26 Å². The topological polar surface area (TPSA) is 79.3 Å². The summed E-state index contributed by atoms with van der Waals surface area (Å²) in [5.41, 5.74) is 1.52. The minimum Gasteiger partial charge on any atom is -0.349 e. The predicted molar refractivity (Wildman–Crippen MR) is 109 cm³/mol. The largest absolute Gasteiger partial charge is 0.406 e. The van der Waals surface area contributed by atoms with Crippen molar-refractivity contribution in [3.63, 3.8) is 0 Å². The number of fused-ring (bicyclic) bond motifs is 3. The molecule has 7 nitrogen and oxygen atoms in total. The predicted octanol–water partition coefficient (Wildman–Crippen LogP) is 3.36. The van der Waals surface area contributed by atoms with Crippen LogP contribution in [0.4, 0.5) is 18.9 Å². The van der Waals surface area contributed by atoms with E-state index in [1.54, 1.807) is 6.20 Å². The Morgan fingerprint density at radius 3 is 2.74 bits per heavy atom. The number of H-pyrrole nitrogens is 1. The number of nitriles is 1. The van der Waals surface area contributed by atoms with E-state index >= 15 is 0 Å². The zero-order valence-corrected chi connectivity index (χ0v) is 17.3. The highest BCUT2D eigenvalue weighted by Crippen LogP contribution is 2.39. The molecule has 0 unspecified atom stereocenters. The van der Waals surface area contributed by atoms with Crippen LogP contribution in [-0.4, -0.2) is 71.2 Å². The van der Waals surface area contributed by atoms with Crippen molar-refractivity contribution in [2.75, 3.05) is 38.3 Å². The van der Waals surface area contributed by atoms with Crippen molar-refractivity contribution in [2.45, 2.75) is 37.9 Å². The number of aromatic nitrogens is 2. The minimum atomic E-state index is -4.46. The van der Waals surface area contributed by atoms with Crippen molar-refractivity contribution in [3.8, 4) is 6.07 Å². The molecule has 10 heteroatoms. The van der Waals surface area contributed by atoms with Crippen molar-refractivity contribution in [2.24, 2.45) is 5.92 Å². The normalized spacial score (nSPS) is 22.1. The van der Waals surface area contributed by atoms with Gasteiger partial charge in [-0.05, 0) is 44.7 Å². The first-order valence-corrected chi connectivity index (χ1v) is 10.4. The minimum absolute atomic E-state index is 0.0422. The van der Waals surface area contributed by atoms with E-state index in [-0.39, 0.29) is 18.3 Å². The van der Waals surface area contributed by atoms with Crippen LogP contribution in [0.2, 0.25) is 0 Å². The maximum absolute atomic E-state index is 13.1. The van der Waals surface area contributed by atoms with Crippen molar-refractivity contribution in [3.05, 3.63) is 24.0 Å². The van der Waals surface area contributed by atoms with Crippen LogP contribution in [0.1, 0.15) is 36.0 Å². The molecule has 166 valence electrons. The molecule has 1 saturated carbocycles. The number of carbonyl (C=O) groups is 1. The summed E-state index contributed by atoms with van der Waals surface area (Å²) in [6, 6.07) is 4.02. The van der Waals surface area contributed by atoms with E-state index in [0.717, 1.165) is 42.5 Å². The van der Waals surface area contributed by atoms with E-state index in [2.05, 4.69) is 16.0 Å². The van der Waals surface area contributed by atoms with Crippen LogP contribution in [0.15, 0.2) is 18.5 Å². The van der Waals surface area contributed by atoms with Crippen molar-refractivity contribution < 1.29 is 18.0 Å². The summed E-state index contributed by atoms with van der Waals surface area (Å²) in [6.07, 6.45) is 2.16. The van der Waals surface area contributed by atoms with Gasteiger partial charge in [0.1, 0.15) is 12.2 Å². The molecule has 1 aliphatic heterocycles. The molecule has 2 aromatic heterocycles. The van der Waals surface area contributed by atoms with Crippen LogP contribution >= 0.6 is 0 Å². The molecule has 31 heavy (non-hydrogen) atoms. The lowest BCUT2D eigenvalue weighted by Gasteiger charge is -2.45. The van der Waals surface area contributed by atoms with E-state index in [1.807, 2.05) is 22.9 Å². The van der Waals surface area contributed by atoms with Crippen molar-refractivity contribution in [1.82, 2.24) is 19.8 Å². The SMILES string of the molecule is CN(CC#N)CC1CCC(N2CN(CC(F)(F)F)C(=O)c3cnc4[nH]ccc4c32)CC1. The van der Waals surface area contributed by atoms with Crippen molar-refractivity contribution >= 4 is 22.6 Å². The third-order valence-corrected chi connectivity index (χ3v) is 6.22. The first-order valence-electron chi connectivity index (χ1n) is 10.4. The third-order valence-electron chi connectivity index (χ3n) is 6.22. The molecule has 0 saturated heterocycles. The van der Waals surface area contributed by atoms with E-state index in [9.17, 15) is 18.0 Å². The summed E-state index contributed by atoms with van der Waals surface area (Å²) in [4.78, 5) is 24.9. The number of pyridine rings is 1. The number of nitrogens with zero attached hydrogens (tertiary/aromatic N) is 5. The number of amides is 1. The average Bonchev–Trinajstić information content (AvgIpc) is 3.19. The number of anilines is 1. The molecule has 4 rings (SSSR count). The van der Waals surface area contributed by atoms with Crippen LogP contribution in [0.5, 0.6) is 0 Å². The first-order chi connectivity index (χ1) is 14.8. The standard InChI is InChI=1S/C21H25F3N6O/c1-28(9-7-25)11-14-2-4-15(5-3-14)30-13-29(12-21(22,23)24)20(31)17-10-27-19-16(18(17)30)6-8-26-19/h6,8,10,14-15H,2-5,9,11-13H2,1H3,(H,26,27). The van der Waals surface area contributed by atoms with E-state index < -0.39 is 18.6 Å². The molecule has 3 heterocycles. The number of rotatable bonds is 5. The van der Waals surface area contributed by atoms with E-state index in [0.29, 0.717) is 23.8 Å². The fourth-order valence-corrected chi connectivity index (χ4v) is 4.85. The average molecular weight is 434 g/mol. The number of hydrogen-bond donors (Lipinski definition) is 1. The molecular weight excluding hydrogens is 409 g/mol. The van der Waals surface area contributed by atoms with Gasteiger partial charge in [-0.2, -0.15) is 18.4 Å². The van der Waals surface area contributed by atoms with Crippen LogP contribution in [0.25, 0.3) is 11.0 Å². The van der Waals surface area contributed by atoms with Crippen LogP contribution in [0.3, 0.4) is 0 Å². The molecule has 0 radical (unpaired) electrons. The Morgan fingerprint density at radius 2 is 2.06 bits per heavy atom. The van der Waals surface area contributed by atoms with Crippen LogP contribution < -0.4 is 4.90 Å². The summed E-state index contributed by atoms with van der Waals surface area (Å²) in [6.45, 7) is -0.144. The Kier molecular flexibility index (Phi) is 5.79. The fraction of sp³-hybridized carbons (Fsp3) is 0.571. The lowest BCUT2D eigenvalue weighted by atomic mass is 9.84. The number of aromatic amines is 1. The molecule has 1 aliphatic carbocycles. The maximum atomic E-state index is 13.1. The van der Waals surface area contributed by atoms with Gasteiger partial charge in [0.05, 0.1) is 30.5 Å². The molecular formula is C21H25F3N6O. The molecule has 1 fully saturated rings. The summed E-state index contributed by atoms with van der Waals surface area (Å²) in [5, 5.41) is 9.61. The van der Waals surface area contributed by atoms with Gasteiger partial charge in [0.15, 0.2) is 0 Å². The fourth-order valence-electron chi connectivity index (χ4n) is 4.85. The number of nitrogens with one attached hydrogen (secondary N) is 1. The first kappa shape index (κ1) is 21.4. The molecule has 0 atom stereocenters. The van der Waals surface area contributed by atoms with Gasteiger partial charge in [-0.1, -0.05) is 0 Å². The lowest BCUT2D eigenvalue weighted by molar-refractivity contribution is -0.141. The van der Waals surface area contributed by atoms with Gasteiger partial charge in [-0.25, -0.2) is 4.98 Å². The Hall–Kier alpha value is -2.80. The Bertz CT molecular complexity index is 989. The summed E-state index contributed by atoms with van der Waals surface area (Å²) in [5.74, 6) is -0.178. The third kappa shape index (κ3) is 4.46. The maximum Gasteiger partial charge on any atom is 0.406 e. The van der Waals surface area contributed by atoms with Crippen LogP contribution in [0, 0.1) is 17.2 Å². The zero-order valence-electron chi connectivity index (χ0n) is 17.3. The molecule has 1 amide bonds. The van der Waals surface area contributed by atoms with E-state index in [1.165, 1.54) is 6.20 Å². The van der Waals surface area contributed by atoms with Gasteiger partial charge in [-0.3, -0.25) is 9.69 Å². The van der Waals surface area contributed by atoms with Gasteiger partial charge in [0, 0.05) is 30.4 Å². The second kappa shape index (κ2) is 8.38. The molecule has 0 aromatic carbocycles. The van der Waals surface area contributed by atoms with Gasteiger partial charge < -0.3 is 14.8 Å². The van der Waals surface area contributed by atoms with Crippen LogP contribution in [-0.2, 0) is 0 Å². The second-order valence-electron chi connectivity index (χ2n) is 8.52. The Labute approximate surface area is 178 Å². The Morgan fingerprint density at radius 1 is 1.32 bits per heavy atom. The molecule has 1 N–H and O–H groups in total. The quantitative estimate of drug-likeness (QED) is 0.730. The van der Waals surface area contributed by atoms with Gasteiger partial charge in [0.25, 0.3) is 5.91 Å². The zero-order chi connectivity index (χ0) is 22.2.